The first-order valence-electron chi connectivity index (χ1n) is 6.35. The summed E-state index contributed by atoms with van der Waals surface area (Å²) in [7, 11) is -3.29. The maximum atomic E-state index is 12.0. The number of aryl methyl sites for hydroxylation is 1. The molecule has 2 N–H and O–H groups in total. The second-order valence-corrected chi connectivity index (χ2v) is 6.38. The van der Waals surface area contributed by atoms with Crippen molar-refractivity contribution in [2.75, 3.05) is 17.0 Å². The first-order valence-corrected chi connectivity index (χ1v) is 8.00. The van der Waals surface area contributed by atoms with E-state index in [2.05, 4.69) is 15.1 Å². The van der Waals surface area contributed by atoms with Crippen LogP contribution >= 0.6 is 0 Å². The molecule has 102 valence electrons. The Balaban J connectivity index is 1.93. The number of nitrogens with zero attached hydrogens (tertiary/aromatic N) is 2. The van der Waals surface area contributed by atoms with Crippen molar-refractivity contribution in [3.63, 3.8) is 0 Å². The van der Waals surface area contributed by atoms with Crippen molar-refractivity contribution in [2.24, 2.45) is 0 Å². The lowest BCUT2D eigenvalue weighted by molar-refractivity contribution is 0.424. The molecule has 2 rings (SSSR count). The van der Waals surface area contributed by atoms with Crippen LogP contribution in [0.1, 0.15) is 26.2 Å². The summed E-state index contributed by atoms with van der Waals surface area (Å²) in [5.74, 6) is 0.129. The van der Waals surface area contributed by atoms with Crippen LogP contribution in [0, 0.1) is 0 Å². The molecule has 18 heavy (non-hydrogen) atoms. The number of piperidine rings is 1. The number of aromatic nitrogens is 2. The molecule has 1 atom stereocenters. The predicted octanol–water partition coefficient (Wildman–Crippen LogP) is 0.787. The van der Waals surface area contributed by atoms with Crippen LogP contribution in [-0.4, -0.2) is 36.5 Å². The van der Waals surface area contributed by atoms with E-state index in [1.807, 2.05) is 6.92 Å². The van der Waals surface area contributed by atoms with Gasteiger partial charge in [0.25, 0.3) is 0 Å². The van der Waals surface area contributed by atoms with Crippen molar-refractivity contribution in [1.82, 2.24) is 15.1 Å². The van der Waals surface area contributed by atoms with Crippen LogP contribution in [0.2, 0.25) is 0 Å². The van der Waals surface area contributed by atoms with Crippen LogP contribution in [0.15, 0.2) is 12.4 Å². The van der Waals surface area contributed by atoms with Gasteiger partial charge in [0.05, 0.1) is 17.6 Å². The lowest BCUT2D eigenvalue weighted by Crippen LogP contribution is -2.40. The quantitative estimate of drug-likeness (QED) is 0.831. The molecule has 0 spiro atoms. The summed E-state index contributed by atoms with van der Waals surface area (Å²) in [5.41, 5.74) is 0.535. The molecule has 0 aromatic carbocycles. The largest absolute Gasteiger partial charge is 0.313 e. The maximum absolute atomic E-state index is 12.0. The van der Waals surface area contributed by atoms with E-state index in [1.54, 1.807) is 10.9 Å². The fraction of sp³-hybridized carbons (Fsp3) is 0.727. The third-order valence-corrected chi connectivity index (χ3v) is 4.45. The van der Waals surface area contributed by atoms with Gasteiger partial charge in [0.2, 0.25) is 10.0 Å². The number of rotatable bonds is 5. The smallest absolute Gasteiger partial charge is 0.234 e. The Morgan fingerprint density at radius 2 is 2.39 bits per heavy atom. The van der Waals surface area contributed by atoms with Gasteiger partial charge in [0.1, 0.15) is 0 Å². The molecule has 0 radical (unpaired) electrons. The average molecular weight is 272 g/mol. The Morgan fingerprint density at radius 1 is 1.56 bits per heavy atom. The number of hydrogen-bond donors (Lipinski definition) is 2. The highest BCUT2D eigenvalue weighted by atomic mass is 32.2. The van der Waals surface area contributed by atoms with E-state index in [1.165, 1.54) is 6.20 Å². The number of sulfonamides is 1. The minimum absolute atomic E-state index is 0.0671. The van der Waals surface area contributed by atoms with Gasteiger partial charge in [-0.15, -0.1) is 0 Å². The van der Waals surface area contributed by atoms with Crippen LogP contribution in [0.25, 0.3) is 0 Å². The van der Waals surface area contributed by atoms with Gasteiger partial charge in [0, 0.05) is 18.8 Å². The zero-order chi connectivity index (χ0) is 13.0. The second-order valence-electron chi connectivity index (χ2n) is 4.62. The topological polar surface area (TPSA) is 76.0 Å². The zero-order valence-corrected chi connectivity index (χ0v) is 11.4. The third kappa shape index (κ3) is 3.71. The molecule has 0 saturated carbocycles. The van der Waals surface area contributed by atoms with Crippen molar-refractivity contribution < 1.29 is 8.42 Å². The molecule has 1 saturated heterocycles. The molecule has 6 nitrogen and oxygen atoms in total. The van der Waals surface area contributed by atoms with Gasteiger partial charge >= 0.3 is 0 Å². The zero-order valence-electron chi connectivity index (χ0n) is 10.6. The first-order chi connectivity index (χ1) is 8.59. The van der Waals surface area contributed by atoms with E-state index in [4.69, 9.17) is 0 Å². The molecule has 0 amide bonds. The van der Waals surface area contributed by atoms with E-state index in [0.29, 0.717) is 5.69 Å². The standard InChI is InChI=1S/C11H20N4O2S/c1-2-15-8-11(7-13-15)14-18(16,17)9-10-5-3-4-6-12-10/h7-8,10,12,14H,2-6,9H2,1H3. The predicted molar refractivity (Wildman–Crippen MR) is 71.0 cm³/mol. The maximum Gasteiger partial charge on any atom is 0.234 e. The normalized spacial score (nSPS) is 20.8. The molecule has 0 aliphatic carbocycles. The fourth-order valence-electron chi connectivity index (χ4n) is 2.14. The Labute approximate surface area is 108 Å². The van der Waals surface area contributed by atoms with Crippen LogP contribution < -0.4 is 10.0 Å². The lowest BCUT2D eigenvalue weighted by atomic mass is 10.1. The van der Waals surface area contributed by atoms with E-state index < -0.39 is 10.0 Å². The van der Waals surface area contributed by atoms with E-state index in [-0.39, 0.29) is 11.8 Å². The monoisotopic (exact) mass is 272 g/mol. The second kappa shape index (κ2) is 5.71. The van der Waals surface area contributed by atoms with Gasteiger partial charge in [-0.2, -0.15) is 5.10 Å². The van der Waals surface area contributed by atoms with Crippen molar-refractivity contribution >= 4 is 15.7 Å². The van der Waals surface area contributed by atoms with Crippen LogP contribution in [-0.2, 0) is 16.6 Å². The van der Waals surface area contributed by atoms with Gasteiger partial charge in [-0.05, 0) is 26.3 Å². The summed E-state index contributed by atoms with van der Waals surface area (Å²) >= 11 is 0. The van der Waals surface area contributed by atoms with Crippen molar-refractivity contribution in [3.05, 3.63) is 12.4 Å². The molecule has 1 aliphatic heterocycles. The van der Waals surface area contributed by atoms with Crippen molar-refractivity contribution in [1.29, 1.82) is 0 Å². The van der Waals surface area contributed by atoms with Gasteiger partial charge in [0.15, 0.2) is 0 Å². The lowest BCUT2D eigenvalue weighted by Gasteiger charge is -2.23. The van der Waals surface area contributed by atoms with Gasteiger partial charge < -0.3 is 5.32 Å². The SMILES string of the molecule is CCn1cc(NS(=O)(=O)CC2CCCCN2)cn1. The Hall–Kier alpha value is -1.08. The minimum Gasteiger partial charge on any atom is -0.313 e. The Bertz CT molecular complexity index is 477. The summed E-state index contributed by atoms with van der Waals surface area (Å²) in [4.78, 5) is 0. The molecule has 7 heteroatoms. The molecular weight excluding hydrogens is 252 g/mol. The summed E-state index contributed by atoms with van der Waals surface area (Å²) in [6.07, 6.45) is 6.39. The number of anilines is 1. The summed E-state index contributed by atoms with van der Waals surface area (Å²) in [5, 5.41) is 7.28. The minimum atomic E-state index is -3.29. The molecular formula is C11H20N4O2S. The molecule has 0 bridgehead atoms. The molecule has 1 aromatic rings. The molecule has 2 heterocycles. The molecule has 1 fully saturated rings. The Kier molecular flexibility index (Phi) is 4.23. The molecule has 1 aliphatic rings. The summed E-state index contributed by atoms with van der Waals surface area (Å²) in [6, 6.07) is 0.0671. The van der Waals surface area contributed by atoms with E-state index in [9.17, 15) is 8.42 Å². The van der Waals surface area contributed by atoms with Gasteiger partial charge in [-0.3, -0.25) is 9.40 Å². The van der Waals surface area contributed by atoms with Crippen LogP contribution in [0.5, 0.6) is 0 Å². The van der Waals surface area contributed by atoms with Crippen LogP contribution in [0.3, 0.4) is 0 Å². The van der Waals surface area contributed by atoms with Crippen molar-refractivity contribution in [3.8, 4) is 0 Å². The van der Waals surface area contributed by atoms with Gasteiger partial charge in [-0.1, -0.05) is 6.42 Å². The average Bonchev–Trinajstić information content (AvgIpc) is 2.76. The third-order valence-electron chi connectivity index (χ3n) is 3.06. The highest BCUT2D eigenvalue weighted by molar-refractivity contribution is 7.92. The molecule has 1 aromatic heterocycles. The number of hydrogen-bond acceptors (Lipinski definition) is 4. The highest BCUT2D eigenvalue weighted by Crippen LogP contribution is 2.12. The Morgan fingerprint density at radius 3 is 3.00 bits per heavy atom. The highest BCUT2D eigenvalue weighted by Gasteiger charge is 2.21. The van der Waals surface area contributed by atoms with Crippen LogP contribution in [0.4, 0.5) is 5.69 Å². The van der Waals surface area contributed by atoms with Crippen molar-refractivity contribution in [2.45, 2.75) is 38.8 Å². The summed E-state index contributed by atoms with van der Waals surface area (Å²) in [6.45, 7) is 3.59. The van der Waals surface area contributed by atoms with Gasteiger partial charge in [-0.25, -0.2) is 8.42 Å². The number of nitrogens with one attached hydrogen (secondary N) is 2. The fourth-order valence-corrected chi connectivity index (χ4v) is 3.50. The van der Waals surface area contributed by atoms with E-state index >= 15 is 0 Å². The van der Waals surface area contributed by atoms with E-state index in [0.717, 1.165) is 32.4 Å². The first kappa shape index (κ1) is 13.4. The summed E-state index contributed by atoms with van der Waals surface area (Å²) < 4.78 is 28.2. The molecule has 1 unspecified atom stereocenters.